The van der Waals surface area contributed by atoms with Gasteiger partial charge in [-0.15, -0.1) is 11.6 Å². The molecule has 18 heavy (non-hydrogen) atoms. The lowest BCUT2D eigenvalue weighted by Gasteiger charge is -2.21. The summed E-state index contributed by atoms with van der Waals surface area (Å²) in [6, 6.07) is 7.97. The predicted molar refractivity (Wildman–Crippen MR) is 71.4 cm³/mol. The largest absolute Gasteiger partial charge is 0.381 e. The van der Waals surface area contributed by atoms with Crippen LogP contribution in [0.25, 0.3) is 0 Å². The zero-order chi connectivity index (χ0) is 12.8. The van der Waals surface area contributed by atoms with Crippen molar-refractivity contribution in [1.82, 2.24) is 5.32 Å². The van der Waals surface area contributed by atoms with Gasteiger partial charge in [0.15, 0.2) is 0 Å². The van der Waals surface area contributed by atoms with Crippen LogP contribution < -0.4 is 5.32 Å². The zero-order valence-corrected chi connectivity index (χ0v) is 11.1. The summed E-state index contributed by atoms with van der Waals surface area (Å²) in [6.07, 6.45) is 1.65. The Kier molecular flexibility index (Phi) is 5.02. The Morgan fingerprint density at radius 3 is 2.78 bits per heavy atom. The highest BCUT2D eigenvalue weighted by Gasteiger charge is 2.20. The van der Waals surface area contributed by atoms with Crippen molar-refractivity contribution in [1.29, 1.82) is 0 Å². The fourth-order valence-electron chi connectivity index (χ4n) is 2.12. The molecule has 1 aliphatic heterocycles. The summed E-state index contributed by atoms with van der Waals surface area (Å²) in [5, 5.41) is 2.98. The Bertz CT molecular complexity index is 403. The quantitative estimate of drug-likeness (QED) is 0.851. The number of halogens is 1. The van der Waals surface area contributed by atoms with Gasteiger partial charge in [-0.25, -0.2) is 0 Å². The molecule has 1 amide bonds. The summed E-state index contributed by atoms with van der Waals surface area (Å²) >= 11 is 5.78. The topological polar surface area (TPSA) is 38.3 Å². The normalized spacial score (nSPS) is 16.5. The molecule has 0 unspecified atom stereocenters. The van der Waals surface area contributed by atoms with Gasteiger partial charge < -0.3 is 10.1 Å². The minimum atomic E-state index is 0.106. The molecule has 4 heteroatoms. The van der Waals surface area contributed by atoms with E-state index in [9.17, 15) is 4.79 Å². The molecule has 0 aromatic heterocycles. The first-order chi connectivity index (χ1) is 8.79. The third-order valence-electron chi connectivity index (χ3n) is 3.20. The number of nitrogens with one attached hydrogen (secondary N) is 1. The molecule has 2 rings (SSSR count). The smallest absolute Gasteiger partial charge is 0.223 e. The molecule has 1 aromatic rings. The fraction of sp³-hybridized carbons (Fsp3) is 0.500. The van der Waals surface area contributed by atoms with Gasteiger partial charge in [-0.2, -0.15) is 0 Å². The van der Waals surface area contributed by atoms with Crippen molar-refractivity contribution in [3.8, 4) is 0 Å². The highest BCUT2D eigenvalue weighted by Crippen LogP contribution is 2.15. The first kappa shape index (κ1) is 13.4. The monoisotopic (exact) mass is 267 g/mol. The molecule has 0 bridgehead atoms. The number of carbonyl (C=O) groups excluding carboxylic acids is 1. The van der Waals surface area contributed by atoms with Crippen LogP contribution in [0, 0.1) is 5.92 Å². The van der Waals surface area contributed by atoms with Crippen LogP contribution in [0.4, 0.5) is 0 Å². The first-order valence-electron chi connectivity index (χ1n) is 6.29. The van der Waals surface area contributed by atoms with Gasteiger partial charge >= 0.3 is 0 Å². The fourth-order valence-corrected chi connectivity index (χ4v) is 2.28. The lowest BCUT2D eigenvalue weighted by Crippen LogP contribution is -2.33. The molecule has 0 atom stereocenters. The number of carbonyl (C=O) groups is 1. The molecule has 1 N–H and O–H groups in total. The van der Waals surface area contributed by atoms with E-state index in [1.165, 1.54) is 0 Å². The van der Waals surface area contributed by atoms with Crippen molar-refractivity contribution < 1.29 is 9.53 Å². The average molecular weight is 268 g/mol. The molecule has 0 aliphatic carbocycles. The molecular weight excluding hydrogens is 250 g/mol. The summed E-state index contributed by atoms with van der Waals surface area (Å²) in [4.78, 5) is 11.9. The minimum absolute atomic E-state index is 0.106. The molecule has 1 fully saturated rings. The van der Waals surface area contributed by atoms with Crippen LogP contribution in [0.5, 0.6) is 0 Å². The molecule has 1 saturated heterocycles. The maximum Gasteiger partial charge on any atom is 0.223 e. The van der Waals surface area contributed by atoms with Gasteiger partial charge in [0.1, 0.15) is 0 Å². The molecule has 0 radical (unpaired) electrons. The lowest BCUT2D eigenvalue weighted by molar-refractivity contribution is -0.128. The number of rotatable bonds is 4. The second kappa shape index (κ2) is 6.76. The Hall–Kier alpha value is -1.06. The molecule has 98 valence electrons. The van der Waals surface area contributed by atoms with Gasteiger partial charge in [-0.3, -0.25) is 4.79 Å². The minimum Gasteiger partial charge on any atom is -0.381 e. The lowest BCUT2D eigenvalue weighted by atomic mass is 9.99. The van der Waals surface area contributed by atoms with Gasteiger partial charge in [0.05, 0.1) is 0 Å². The summed E-state index contributed by atoms with van der Waals surface area (Å²) in [5.74, 6) is 0.742. The van der Waals surface area contributed by atoms with Crippen LogP contribution in [0.2, 0.25) is 0 Å². The van der Waals surface area contributed by atoms with Gasteiger partial charge in [-0.05, 0) is 24.0 Å². The van der Waals surface area contributed by atoms with Crippen molar-refractivity contribution >= 4 is 17.5 Å². The zero-order valence-electron chi connectivity index (χ0n) is 10.3. The highest BCUT2D eigenvalue weighted by molar-refractivity contribution is 6.17. The van der Waals surface area contributed by atoms with E-state index >= 15 is 0 Å². The summed E-state index contributed by atoms with van der Waals surface area (Å²) in [5.41, 5.74) is 2.17. The molecule has 3 nitrogen and oxygen atoms in total. The number of hydrogen-bond donors (Lipinski definition) is 1. The van der Waals surface area contributed by atoms with Crippen LogP contribution in [0.3, 0.4) is 0 Å². The summed E-state index contributed by atoms with van der Waals surface area (Å²) < 4.78 is 5.25. The Morgan fingerprint density at radius 2 is 2.06 bits per heavy atom. The molecule has 1 heterocycles. The van der Waals surface area contributed by atoms with Crippen molar-refractivity contribution in [2.24, 2.45) is 5.92 Å². The first-order valence-corrected chi connectivity index (χ1v) is 6.82. The standard InChI is InChI=1S/C14H18ClNO2/c15-9-11-2-1-3-12(8-11)10-16-14(17)13-4-6-18-7-5-13/h1-3,8,13H,4-7,9-10H2,(H,16,17). The summed E-state index contributed by atoms with van der Waals surface area (Å²) in [6.45, 7) is 1.96. The average Bonchev–Trinajstić information content (AvgIpc) is 2.46. The third kappa shape index (κ3) is 3.72. The molecular formula is C14H18ClNO2. The number of alkyl halides is 1. The van der Waals surface area contributed by atoms with Crippen molar-refractivity contribution in [3.63, 3.8) is 0 Å². The van der Waals surface area contributed by atoms with Crippen molar-refractivity contribution in [2.75, 3.05) is 13.2 Å². The molecule has 1 aliphatic rings. The van der Waals surface area contributed by atoms with Gasteiger partial charge in [-0.1, -0.05) is 24.3 Å². The van der Waals surface area contributed by atoms with Gasteiger partial charge in [0.2, 0.25) is 5.91 Å². The van der Waals surface area contributed by atoms with E-state index in [-0.39, 0.29) is 11.8 Å². The van der Waals surface area contributed by atoms with E-state index < -0.39 is 0 Å². The van der Waals surface area contributed by atoms with E-state index in [2.05, 4.69) is 5.32 Å². The maximum atomic E-state index is 11.9. The second-order valence-electron chi connectivity index (χ2n) is 4.56. The van der Waals surface area contributed by atoms with Gasteiger partial charge in [0.25, 0.3) is 0 Å². The molecule has 0 saturated carbocycles. The molecule has 1 aromatic carbocycles. The molecule has 0 spiro atoms. The van der Waals surface area contributed by atoms with Crippen LogP contribution >= 0.6 is 11.6 Å². The van der Waals surface area contributed by atoms with Crippen molar-refractivity contribution in [3.05, 3.63) is 35.4 Å². The highest BCUT2D eigenvalue weighted by atomic mass is 35.5. The number of hydrogen-bond acceptors (Lipinski definition) is 2. The Morgan fingerprint density at radius 1 is 1.33 bits per heavy atom. The predicted octanol–water partition coefficient (Wildman–Crippen LogP) is 2.47. The van der Waals surface area contributed by atoms with E-state index in [0.717, 1.165) is 24.0 Å². The Balaban J connectivity index is 1.84. The number of ether oxygens (including phenoxy) is 1. The van der Waals surface area contributed by atoms with Crippen LogP contribution in [0.1, 0.15) is 24.0 Å². The van der Waals surface area contributed by atoms with Crippen LogP contribution in [-0.2, 0) is 22.0 Å². The van der Waals surface area contributed by atoms with Crippen LogP contribution in [-0.4, -0.2) is 19.1 Å². The van der Waals surface area contributed by atoms with Crippen LogP contribution in [0.15, 0.2) is 24.3 Å². The maximum absolute atomic E-state index is 11.9. The van der Waals surface area contributed by atoms with Crippen molar-refractivity contribution in [2.45, 2.75) is 25.3 Å². The Labute approximate surface area is 112 Å². The van der Waals surface area contributed by atoms with E-state index in [1.807, 2.05) is 24.3 Å². The van der Waals surface area contributed by atoms with E-state index in [0.29, 0.717) is 25.6 Å². The van der Waals surface area contributed by atoms with Gasteiger partial charge in [0, 0.05) is 31.6 Å². The second-order valence-corrected chi connectivity index (χ2v) is 4.83. The van der Waals surface area contributed by atoms with E-state index in [1.54, 1.807) is 0 Å². The van der Waals surface area contributed by atoms with E-state index in [4.69, 9.17) is 16.3 Å². The SMILES string of the molecule is O=C(NCc1cccc(CCl)c1)C1CCOCC1. The summed E-state index contributed by atoms with van der Waals surface area (Å²) in [7, 11) is 0. The number of amides is 1. The third-order valence-corrected chi connectivity index (χ3v) is 3.51. The number of benzene rings is 1.